The largest absolute Gasteiger partial charge is 0.497 e. The van der Waals surface area contributed by atoms with Gasteiger partial charge in [0.05, 0.1) is 36.2 Å². The monoisotopic (exact) mass is 333 g/mol. The first kappa shape index (κ1) is 15.4. The van der Waals surface area contributed by atoms with Crippen molar-refractivity contribution in [3.05, 3.63) is 58.0 Å². The summed E-state index contributed by atoms with van der Waals surface area (Å²) in [5.74, 6) is 0.143. The smallest absolute Gasteiger partial charge is 0.215 e. The molecule has 0 aliphatic carbocycles. The van der Waals surface area contributed by atoms with Crippen LogP contribution in [0.2, 0.25) is 5.02 Å². The third-order valence-corrected chi connectivity index (χ3v) is 3.89. The molecular weight excluding hydrogens is 321 g/mol. The molecule has 2 aromatic rings. The van der Waals surface area contributed by atoms with Crippen LogP contribution in [0.5, 0.6) is 11.5 Å². The van der Waals surface area contributed by atoms with Crippen LogP contribution in [0.4, 0.5) is 10.1 Å². The van der Waals surface area contributed by atoms with Crippen LogP contribution in [0, 0.1) is 5.82 Å². The van der Waals surface area contributed by atoms with Gasteiger partial charge < -0.3 is 14.8 Å². The summed E-state index contributed by atoms with van der Waals surface area (Å²) in [5, 5.41) is 3.19. The molecule has 0 amide bonds. The highest BCUT2D eigenvalue weighted by Crippen LogP contribution is 2.39. The van der Waals surface area contributed by atoms with Crippen molar-refractivity contribution in [1.82, 2.24) is 0 Å². The first-order chi connectivity index (χ1) is 11.0. The molecule has 0 atom stereocenters. The predicted octanol–water partition coefficient (Wildman–Crippen LogP) is 4.15. The number of halogens is 2. The minimum Gasteiger partial charge on any atom is -0.497 e. The highest BCUT2D eigenvalue weighted by atomic mass is 35.5. The number of ketones is 1. The second kappa shape index (κ2) is 5.93. The van der Waals surface area contributed by atoms with Crippen molar-refractivity contribution in [2.45, 2.75) is 0 Å². The Labute approximate surface area is 137 Å². The maximum absolute atomic E-state index is 13.9. The summed E-state index contributed by atoms with van der Waals surface area (Å²) >= 11 is 6.00. The zero-order chi connectivity index (χ0) is 16.6. The van der Waals surface area contributed by atoms with Crippen LogP contribution >= 0.6 is 11.6 Å². The number of ether oxygens (including phenoxy) is 2. The van der Waals surface area contributed by atoms with Gasteiger partial charge in [-0.15, -0.1) is 0 Å². The molecule has 3 rings (SSSR count). The Kier molecular flexibility index (Phi) is 3.96. The summed E-state index contributed by atoms with van der Waals surface area (Å²) in [6.07, 6.45) is 1.39. The Morgan fingerprint density at radius 3 is 2.65 bits per heavy atom. The molecule has 1 heterocycles. The first-order valence-corrected chi connectivity index (χ1v) is 7.16. The minimum absolute atomic E-state index is 0.156. The molecule has 4 nitrogen and oxygen atoms in total. The molecule has 0 bridgehead atoms. The van der Waals surface area contributed by atoms with Gasteiger partial charge in [0.25, 0.3) is 0 Å². The molecule has 1 aliphatic heterocycles. The Hall–Kier alpha value is -2.53. The van der Waals surface area contributed by atoms with Crippen LogP contribution in [0.1, 0.15) is 15.9 Å². The van der Waals surface area contributed by atoms with E-state index < -0.39 is 5.82 Å². The fraction of sp³-hybridized carbons (Fsp3) is 0.118. The SMILES string of the molecule is COc1cc2c(c(OC)c1)C(=O)/C(=C/c1c(F)cccc1Cl)N2. The second-order valence-electron chi connectivity index (χ2n) is 4.90. The number of hydrogen-bond donors (Lipinski definition) is 1. The van der Waals surface area contributed by atoms with Gasteiger partial charge in [0.2, 0.25) is 5.78 Å². The highest BCUT2D eigenvalue weighted by molar-refractivity contribution is 6.32. The predicted molar refractivity (Wildman–Crippen MR) is 86.9 cm³/mol. The number of Topliss-reactive ketones (excluding diaryl/α,β-unsaturated/α-hetero) is 1. The van der Waals surface area contributed by atoms with Crippen molar-refractivity contribution in [2.75, 3.05) is 19.5 Å². The van der Waals surface area contributed by atoms with Gasteiger partial charge in [-0.2, -0.15) is 0 Å². The third kappa shape index (κ3) is 2.64. The first-order valence-electron chi connectivity index (χ1n) is 6.78. The quantitative estimate of drug-likeness (QED) is 0.857. The van der Waals surface area contributed by atoms with E-state index in [-0.39, 0.29) is 22.1 Å². The number of carbonyl (C=O) groups excluding carboxylic acids is 1. The summed E-state index contributed by atoms with van der Waals surface area (Å²) in [6, 6.07) is 7.66. The number of fused-ring (bicyclic) bond motifs is 1. The van der Waals surface area contributed by atoms with Gasteiger partial charge in [0.1, 0.15) is 17.3 Å². The van der Waals surface area contributed by atoms with Crippen LogP contribution in [-0.4, -0.2) is 20.0 Å². The summed E-state index contributed by atoms with van der Waals surface area (Å²) in [6.45, 7) is 0. The van der Waals surface area contributed by atoms with Crippen LogP contribution in [0.3, 0.4) is 0 Å². The average molecular weight is 334 g/mol. The molecule has 1 N–H and O–H groups in total. The van der Waals surface area contributed by atoms with E-state index in [0.29, 0.717) is 22.7 Å². The lowest BCUT2D eigenvalue weighted by atomic mass is 10.1. The summed E-state index contributed by atoms with van der Waals surface area (Å²) in [4.78, 5) is 12.6. The van der Waals surface area contributed by atoms with Gasteiger partial charge in [-0.1, -0.05) is 17.7 Å². The van der Waals surface area contributed by atoms with E-state index in [9.17, 15) is 9.18 Å². The Morgan fingerprint density at radius 2 is 2.00 bits per heavy atom. The Bertz CT molecular complexity index is 813. The van der Waals surface area contributed by atoms with Gasteiger partial charge >= 0.3 is 0 Å². The minimum atomic E-state index is -0.500. The Morgan fingerprint density at radius 1 is 1.22 bits per heavy atom. The molecule has 6 heteroatoms. The molecule has 23 heavy (non-hydrogen) atoms. The maximum Gasteiger partial charge on any atom is 0.215 e. The fourth-order valence-corrected chi connectivity index (χ4v) is 2.65. The van der Waals surface area contributed by atoms with Gasteiger partial charge in [0.15, 0.2) is 0 Å². The van der Waals surface area contributed by atoms with Crippen molar-refractivity contribution in [3.8, 4) is 11.5 Å². The Balaban J connectivity index is 2.09. The van der Waals surface area contributed by atoms with E-state index in [1.165, 1.54) is 32.4 Å². The van der Waals surface area contributed by atoms with Crippen LogP contribution in [-0.2, 0) is 0 Å². The fourth-order valence-electron chi connectivity index (χ4n) is 2.43. The normalized spacial score (nSPS) is 14.6. The number of methoxy groups -OCH3 is 2. The standard InChI is InChI=1S/C17H13ClFNO3/c1-22-9-6-13-16(15(7-9)23-2)17(21)14(20-13)8-10-11(18)4-3-5-12(10)19/h3-8,20H,1-2H3/b14-8-. The lowest BCUT2D eigenvalue weighted by Crippen LogP contribution is -2.01. The lowest BCUT2D eigenvalue weighted by Gasteiger charge is -2.08. The molecule has 0 saturated carbocycles. The van der Waals surface area contributed by atoms with E-state index >= 15 is 0 Å². The lowest BCUT2D eigenvalue weighted by molar-refractivity contribution is 0.104. The molecule has 2 aromatic carbocycles. The number of rotatable bonds is 3. The molecule has 0 aromatic heterocycles. The number of carbonyl (C=O) groups is 1. The molecule has 0 fully saturated rings. The van der Waals surface area contributed by atoms with Crippen molar-refractivity contribution in [3.63, 3.8) is 0 Å². The van der Waals surface area contributed by atoms with Gasteiger partial charge in [-0.3, -0.25) is 4.79 Å². The second-order valence-corrected chi connectivity index (χ2v) is 5.31. The average Bonchev–Trinajstić information content (AvgIpc) is 2.86. The molecular formula is C17H13ClFNO3. The highest BCUT2D eigenvalue weighted by Gasteiger charge is 2.29. The summed E-state index contributed by atoms with van der Waals surface area (Å²) in [7, 11) is 2.99. The number of benzene rings is 2. The topological polar surface area (TPSA) is 47.6 Å². The summed E-state index contributed by atoms with van der Waals surface area (Å²) < 4.78 is 24.3. The molecule has 0 spiro atoms. The van der Waals surface area contributed by atoms with Crippen LogP contribution < -0.4 is 14.8 Å². The number of allylic oxidation sites excluding steroid dienone is 1. The van der Waals surface area contributed by atoms with E-state index in [2.05, 4.69) is 5.32 Å². The molecule has 0 radical (unpaired) electrons. The van der Waals surface area contributed by atoms with Crippen molar-refractivity contribution >= 4 is 29.1 Å². The van der Waals surface area contributed by atoms with Gasteiger partial charge in [-0.25, -0.2) is 4.39 Å². The third-order valence-electron chi connectivity index (χ3n) is 3.56. The molecule has 0 saturated heterocycles. The van der Waals surface area contributed by atoms with Crippen LogP contribution in [0.25, 0.3) is 6.08 Å². The maximum atomic E-state index is 13.9. The van der Waals surface area contributed by atoms with E-state index in [1.807, 2.05) is 0 Å². The van der Waals surface area contributed by atoms with Gasteiger partial charge in [-0.05, 0) is 18.2 Å². The van der Waals surface area contributed by atoms with Crippen molar-refractivity contribution in [2.24, 2.45) is 0 Å². The van der Waals surface area contributed by atoms with Crippen molar-refractivity contribution < 1.29 is 18.7 Å². The molecule has 1 aliphatic rings. The number of anilines is 1. The number of nitrogens with one attached hydrogen (secondary N) is 1. The van der Waals surface area contributed by atoms with Crippen LogP contribution in [0.15, 0.2) is 36.0 Å². The van der Waals surface area contributed by atoms with Gasteiger partial charge in [0, 0.05) is 17.7 Å². The van der Waals surface area contributed by atoms with E-state index in [1.54, 1.807) is 18.2 Å². The molecule has 0 unspecified atom stereocenters. The van der Waals surface area contributed by atoms with E-state index in [4.69, 9.17) is 21.1 Å². The van der Waals surface area contributed by atoms with Crippen molar-refractivity contribution in [1.29, 1.82) is 0 Å². The molecule has 118 valence electrons. The zero-order valence-corrected chi connectivity index (χ0v) is 13.2. The summed E-state index contributed by atoms with van der Waals surface area (Å²) in [5.41, 5.74) is 1.30. The number of hydrogen-bond acceptors (Lipinski definition) is 4. The zero-order valence-electron chi connectivity index (χ0n) is 12.4. The van der Waals surface area contributed by atoms with E-state index in [0.717, 1.165) is 0 Å².